The van der Waals surface area contributed by atoms with E-state index in [-0.39, 0.29) is 32.0 Å². The van der Waals surface area contributed by atoms with Gasteiger partial charge in [0, 0.05) is 37.8 Å². The van der Waals surface area contributed by atoms with Crippen LogP contribution in [0.15, 0.2) is 66.9 Å². The average molecular weight is 525 g/mol. The Labute approximate surface area is 219 Å². The van der Waals surface area contributed by atoms with Crippen molar-refractivity contribution in [2.75, 3.05) is 26.0 Å². The van der Waals surface area contributed by atoms with Gasteiger partial charge < -0.3 is 14.6 Å². The zero-order chi connectivity index (χ0) is 26.8. The Balaban J connectivity index is 1.83. The minimum atomic E-state index is -3.59. The highest BCUT2D eigenvalue weighted by Crippen LogP contribution is 2.40. The number of rotatable bonds is 7. The number of hydrogen-bond acceptors (Lipinski definition) is 5. The third-order valence-corrected chi connectivity index (χ3v) is 8.10. The van der Waals surface area contributed by atoms with Gasteiger partial charge in [0.15, 0.2) is 0 Å². The topological polar surface area (TPSA) is 95.7 Å². The van der Waals surface area contributed by atoms with E-state index in [1.165, 1.54) is 4.31 Å². The lowest BCUT2D eigenvalue weighted by atomic mass is 9.84. The highest BCUT2D eigenvalue weighted by Gasteiger charge is 2.42. The maximum atomic E-state index is 13.5. The molecule has 0 aliphatic carbocycles. The van der Waals surface area contributed by atoms with Crippen LogP contribution in [0.2, 0.25) is 0 Å². The fraction of sp³-hybridized carbons (Fsp3) is 0.429. The number of aliphatic hydroxyl groups excluding tert-OH is 1. The molecule has 0 bridgehead atoms. The summed E-state index contributed by atoms with van der Waals surface area (Å²) in [5.41, 5.74) is 2.46. The van der Waals surface area contributed by atoms with E-state index in [0.717, 1.165) is 28.9 Å². The van der Waals surface area contributed by atoms with Crippen molar-refractivity contribution < 1.29 is 18.3 Å². The molecule has 2 heterocycles. The number of carbonyl (C=O) groups is 1. The van der Waals surface area contributed by atoms with Crippen LogP contribution in [0.25, 0.3) is 11.3 Å². The van der Waals surface area contributed by atoms with E-state index in [0.29, 0.717) is 6.54 Å². The third-order valence-electron chi connectivity index (χ3n) is 6.77. The van der Waals surface area contributed by atoms with E-state index >= 15 is 0 Å². The summed E-state index contributed by atoms with van der Waals surface area (Å²) in [6.45, 7) is 6.50. The number of amides is 1. The number of sulfonamides is 1. The second-order valence-corrected chi connectivity index (χ2v) is 12.7. The number of carbonyl (C=O) groups excluding carboxylic acids is 1. The second kappa shape index (κ2) is 10.8. The maximum Gasteiger partial charge on any atom is 0.224 e. The van der Waals surface area contributed by atoms with Crippen LogP contribution in [0, 0.1) is 5.41 Å². The van der Waals surface area contributed by atoms with Crippen molar-refractivity contribution in [2.45, 2.75) is 45.8 Å². The van der Waals surface area contributed by atoms with E-state index < -0.39 is 27.5 Å². The van der Waals surface area contributed by atoms with Gasteiger partial charge in [0.1, 0.15) is 5.82 Å². The van der Waals surface area contributed by atoms with Gasteiger partial charge in [-0.2, -0.15) is 4.31 Å². The van der Waals surface area contributed by atoms with Crippen LogP contribution in [0.1, 0.15) is 44.6 Å². The Morgan fingerprint density at radius 2 is 1.68 bits per heavy atom. The van der Waals surface area contributed by atoms with E-state index in [4.69, 9.17) is 4.98 Å². The van der Waals surface area contributed by atoms with Gasteiger partial charge in [0.2, 0.25) is 15.9 Å². The van der Waals surface area contributed by atoms with Gasteiger partial charge in [-0.1, -0.05) is 81.4 Å². The minimum absolute atomic E-state index is 0.0427. The van der Waals surface area contributed by atoms with Crippen molar-refractivity contribution in [1.82, 2.24) is 18.8 Å². The Morgan fingerprint density at radius 1 is 1.05 bits per heavy atom. The van der Waals surface area contributed by atoms with Gasteiger partial charge in [-0.15, -0.1) is 0 Å². The Hall–Kier alpha value is -3.01. The molecule has 2 aromatic carbocycles. The zero-order valence-corrected chi connectivity index (χ0v) is 22.7. The van der Waals surface area contributed by atoms with Crippen molar-refractivity contribution in [1.29, 1.82) is 0 Å². The van der Waals surface area contributed by atoms with Gasteiger partial charge in [0.25, 0.3) is 0 Å². The van der Waals surface area contributed by atoms with Gasteiger partial charge in [-0.05, 0) is 11.0 Å². The maximum absolute atomic E-state index is 13.5. The molecule has 0 spiro atoms. The summed E-state index contributed by atoms with van der Waals surface area (Å²) in [4.78, 5) is 20.3. The molecule has 198 valence electrons. The molecule has 4 rings (SSSR count). The molecule has 1 fully saturated rings. The van der Waals surface area contributed by atoms with Crippen LogP contribution >= 0.6 is 0 Å². The van der Waals surface area contributed by atoms with E-state index in [1.807, 2.05) is 54.7 Å². The summed E-state index contributed by atoms with van der Waals surface area (Å²) in [6, 6.07) is 18.8. The number of aromatic nitrogens is 2. The van der Waals surface area contributed by atoms with E-state index in [1.54, 1.807) is 4.90 Å². The lowest BCUT2D eigenvalue weighted by Gasteiger charge is -2.40. The van der Waals surface area contributed by atoms with Crippen LogP contribution in [0.3, 0.4) is 0 Å². The van der Waals surface area contributed by atoms with Crippen LogP contribution in [0.4, 0.5) is 0 Å². The van der Waals surface area contributed by atoms with Crippen molar-refractivity contribution in [2.24, 2.45) is 5.41 Å². The largest absolute Gasteiger partial charge is 0.395 e. The molecule has 1 saturated heterocycles. The van der Waals surface area contributed by atoms with Crippen molar-refractivity contribution >= 4 is 15.9 Å². The zero-order valence-electron chi connectivity index (χ0n) is 21.9. The number of hydrogen-bond donors (Lipinski definition) is 1. The minimum Gasteiger partial charge on any atom is -0.395 e. The number of aliphatic hydroxyl groups is 1. The highest BCUT2D eigenvalue weighted by molar-refractivity contribution is 7.88. The smallest absolute Gasteiger partial charge is 0.224 e. The first kappa shape index (κ1) is 27.0. The molecular formula is C28H36N4O4S. The van der Waals surface area contributed by atoms with Crippen LogP contribution in [0.5, 0.6) is 0 Å². The van der Waals surface area contributed by atoms with Gasteiger partial charge in [-0.25, -0.2) is 13.4 Å². The first-order valence-electron chi connectivity index (χ1n) is 12.5. The molecule has 37 heavy (non-hydrogen) atoms. The lowest BCUT2D eigenvalue weighted by molar-refractivity contribution is -0.136. The molecule has 1 aromatic heterocycles. The summed E-state index contributed by atoms with van der Waals surface area (Å²) in [5.74, 6) is 0.577. The molecular weight excluding hydrogens is 488 g/mol. The standard InChI is InChI=1S/C28H36N4O4S/c1-28(2,3)26(31-18-23(20-33)32(37(4,35)36)16-15-25(31)34)27-29-24(22-13-9-6-10-14-22)19-30(27)17-21-11-7-5-8-12-21/h5-14,19,23,26,33H,15-18,20H2,1-4H3. The molecule has 2 atom stereocenters. The SMILES string of the molecule is CC(C)(C)C(c1nc(-c2ccccc2)cn1Cc1ccccc1)N1CC(CO)N(S(C)(=O)=O)CCC1=O. The number of benzene rings is 2. The molecule has 0 saturated carbocycles. The Morgan fingerprint density at radius 3 is 2.24 bits per heavy atom. The summed E-state index contributed by atoms with van der Waals surface area (Å²) >= 11 is 0. The first-order chi connectivity index (χ1) is 17.5. The lowest BCUT2D eigenvalue weighted by Crippen LogP contribution is -2.49. The Bertz CT molecular complexity index is 1320. The predicted molar refractivity (Wildman–Crippen MR) is 144 cm³/mol. The summed E-state index contributed by atoms with van der Waals surface area (Å²) < 4.78 is 28.2. The predicted octanol–water partition coefficient (Wildman–Crippen LogP) is 3.54. The fourth-order valence-corrected chi connectivity index (χ4v) is 6.18. The summed E-state index contributed by atoms with van der Waals surface area (Å²) in [5, 5.41) is 10.1. The molecule has 0 radical (unpaired) electrons. The molecule has 2 unspecified atom stereocenters. The quantitative estimate of drug-likeness (QED) is 0.510. The van der Waals surface area contributed by atoms with Crippen molar-refractivity contribution in [3.63, 3.8) is 0 Å². The molecule has 9 heteroatoms. The molecule has 1 aliphatic heterocycles. The van der Waals surface area contributed by atoms with Gasteiger partial charge in [-0.3, -0.25) is 4.79 Å². The molecule has 1 N–H and O–H groups in total. The van der Waals surface area contributed by atoms with Crippen LogP contribution in [-0.2, 0) is 21.4 Å². The average Bonchev–Trinajstić information content (AvgIpc) is 3.16. The van der Waals surface area contributed by atoms with E-state index in [9.17, 15) is 18.3 Å². The highest BCUT2D eigenvalue weighted by atomic mass is 32.2. The molecule has 1 aliphatic rings. The monoisotopic (exact) mass is 524 g/mol. The molecule has 3 aromatic rings. The van der Waals surface area contributed by atoms with Crippen LogP contribution < -0.4 is 0 Å². The third kappa shape index (κ3) is 6.11. The summed E-state index contributed by atoms with van der Waals surface area (Å²) in [7, 11) is -3.59. The number of nitrogens with zero attached hydrogens (tertiary/aromatic N) is 4. The summed E-state index contributed by atoms with van der Waals surface area (Å²) in [6.07, 6.45) is 3.18. The molecule has 1 amide bonds. The van der Waals surface area contributed by atoms with Crippen molar-refractivity contribution in [3.05, 3.63) is 78.2 Å². The van der Waals surface area contributed by atoms with Crippen molar-refractivity contribution in [3.8, 4) is 11.3 Å². The normalized spacial score (nSPS) is 18.6. The van der Waals surface area contributed by atoms with Gasteiger partial charge >= 0.3 is 0 Å². The van der Waals surface area contributed by atoms with Crippen LogP contribution in [-0.4, -0.2) is 70.2 Å². The fourth-order valence-electron chi connectivity index (χ4n) is 5.08. The second-order valence-electron chi connectivity index (χ2n) is 10.7. The van der Waals surface area contributed by atoms with E-state index in [2.05, 4.69) is 37.5 Å². The number of imidazole rings is 1. The first-order valence-corrected chi connectivity index (χ1v) is 14.4. The van der Waals surface area contributed by atoms with Gasteiger partial charge in [0.05, 0.1) is 30.6 Å². The Kier molecular flexibility index (Phi) is 7.87. The molecule has 8 nitrogen and oxygen atoms in total.